The first-order valence-electron chi connectivity index (χ1n) is 9.36. The third-order valence-electron chi connectivity index (χ3n) is 4.58. The van der Waals surface area contributed by atoms with E-state index in [1.165, 1.54) is 0 Å². The lowest BCUT2D eigenvalue weighted by molar-refractivity contribution is 0.0570. The van der Waals surface area contributed by atoms with Crippen molar-refractivity contribution in [3.05, 3.63) is 53.9 Å². The van der Waals surface area contributed by atoms with E-state index in [9.17, 15) is 9.59 Å². The highest BCUT2D eigenvalue weighted by Crippen LogP contribution is 2.13. The summed E-state index contributed by atoms with van der Waals surface area (Å²) in [5, 5.41) is 0. The number of aromatic nitrogens is 2. The molecule has 2 aromatic rings. The largest absolute Gasteiger partial charge is 0.450 e. The van der Waals surface area contributed by atoms with E-state index in [2.05, 4.69) is 9.97 Å². The Bertz CT molecular complexity index is 789. The number of amides is 2. The smallest absolute Gasteiger partial charge is 0.409 e. The van der Waals surface area contributed by atoms with Crippen molar-refractivity contribution in [3.8, 4) is 0 Å². The fourth-order valence-electron chi connectivity index (χ4n) is 3.05. The van der Waals surface area contributed by atoms with Crippen LogP contribution in [-0.2, 0) is 11.3 Å². The van der Waals surface area contributed by atoms with Crippen molar-refractivity contribution in [1.82, 2.24) is 19.8 Å². The van der Waals surface area contributed by atoms with Crippen LogP contribution < -0.4 is 4.90 Å². The Hall–Kier alpha value is -3.16. The first-order chi connectivity index (χ1) is 13.6. The molecule has 8 heteroatoms. The average molecular weight is 383 g/mol. The molecular weight excluding hydrogens is 358 g/mol. The molecule has 1 aromatic carbocycles. The number of rotatable bonds is 5. The Morgan fingerprint density at radius 3 is 2.25 bits per heavy atom. The summed E-state index contributed by atoms with van der Waals surface area (Å²) >= 11 is 0. The van der Waals surface area contributed by atoms with Crippen molar-refractivity contribution in [2.45, 2.75) is 13.5 Å². The Morgan fingerprint density at radius 1 is 1.04 bits per heavy atom. The summed E-state index contributed by atoms with van der Waals surface area (Å²) in [6, 6.07) is 10.1. The zero-order chi connectivity index (χ0) is 19.9. The lowest BCUT2D eigenvalue weighted by Crippen LogP contribution is -2.50. The first-order valence-corrected chi connectivity index (χ1v) is 9.36. The second-order valence-corrected chi connectivity index (χ2v) is 6.59. The molecule has 0 saturated carbocycles. The SMILES string of the molecule is CCOC(=O)N1CCN(C(=O)c2cnc(N(C)Cc3ccccc3)nc2)CC1. The maximum Gasteiger partial charge on any atom is 0.409 e. The number of benzene rings is 1. The summed E-state index contributed by atoms with van der Waals surface area (Å²) in [6.45, 7) is 4.66. The minimum Gasteiger partial charge on any atom is -0.450 e. The van der Waals surface area contributed by atoms with Gasteiger partial charge in [-0.2, -0.15) is 0 Å². The second kappa shape index (κ2) is 9.16. The molecule has 0 aliphatic carbocycles. The fourth-order valence-corrected chi connectivity index (χ4v) is 3.05. The number of piperazine rings is 1. The van der Waals surface area contributed by atoms with Crippen LogP contribution in [0.4, 0.5) is 10.7 Å². The molecule has 148 valence electrons. The highest BCUT2D eigenvalue weighted by atomic mass is 16.6. The molecule has 0 N–H and O–H groups in total. The van der Waals surface area contributed by atoms with E-state index in [4.69, 9.17) is 4.74 Å². The van der Waals surface area contributed by atoms with E-state index in [0.717, 1.165) is 5.56 Å². The van der Waals surface area contributed by atoms with Gasteiger partial charge in [-0.25, -0.2) is 14.8 Å². The van der Waals surface area contributed by atoms with Crippen molar-refractivity contribution in [2.75, 3.05) is 44.7 Å². The van der Waals surface area contributed by atoms with Crippen LogP contribution in [0.3, 0.4) is 0 Å². The van der Waals surface area contributed by atoms with E-state index in [0.29, 0.717) is 50.8 Å². The zero-order valence-electron chi connectivity index (χ0n) is 16.2. The Labute approximate surface area is 164 Å². The van der Waals surface area contributed by atoms with Gasteiger partial charge in [0, 0.05) is 52.2 Å². The number of carbonyl (C=O) groups excluding carboxylic acids is 2. The molecule has 1 aliphatic rings. The summed E-state index contributed by atoms with van der Waals surface area (Å²) in [4.78, 5) is 38.4. The highest BCUT2D eigenvalue weighted by Gasteiger charge is 2.25. The maximum atomic E-state index is 12.7. The monoisotopic (exact) mass is 383 g/mol. The maximum absolute atomic E-state index is 12.7. The zero-order valence-corrected chi connectivity index (χ0v) is 16.2. The van der Waals surface area contributed by atoms with Crippen LogP contribution in [0.25, 0.3) is 0 Å². The number of ether oxygens (including phenoxy) is 1. The van der Waals surface area contributed by atoms with Crippen molar-refractivity contribution >= 4 is 17.9 Å². The number of nitrogens with zero attached hydrogens (tertiary/aromatic N) is 5. The quantitative estimate of drug-likeness (QED) is 0.786. The molecule has 8 nitrogen and oxygen atoms in total. The molecule has 3 rings (SSSR count). The van der Waals surface area contributed by atoms with Crippen LogP contribution in [0.5, 0.6) is 0 Å². The summed E-state index contributed by atoms with van der Waals surface area (Å²) in [6.07, 6.45) is 2.79. The summed E-state index contributed by atoms with van der Waals surface area (Å²) < 4.78 is 5.00. The third-order valence-corrected chi connectivity index (χ3v) is 4.58. The fraction of sp³-hybridized carbons (Fsp3) is 0.400. The van der Waals surface area contributed by atoms with E-state index in [1.54, 1.807) is 29.1 Å². The lowest BCUT2D eigenvalue weighted by atomic mass is 10.2. The van der Waals surface area contributed by atoms with E-state index >= 15 is 0 Å². The molecule has 1 aliphatic heterocycles. The normalized spacial score (nSPS) is 13.9. The Morgan fingerprint density at radius 2 is 1.64 bits per heavy atom. The molecule has 0 radical (unpaired) electrons. The van der Waals surface area contributed by atoms with Gasteiger partial charge in [0.15, 0.2) is 0 Å². The van der Waals surface area contributed by atoms with Crippen LogP contribution in [0.2, 0.25) is 0 Å². The van der Waals surface area contributed by atoms with E-state index < -0.39 is 0 Å². The third kappa shape index (κ3) is 4.76. The Kier molecular flexibility index (Phi) is 6.41. The minimum atomic E-state index is -0.330. The molecule has 0 unspecified atom stereocenters. The van der Waals surface area contributed by atoms with E-state index in [-0.39, 0.29) is 12.0 Å². The van der Waals surface area contributed by atoms with Crippen LogP contribution in [0, 0.1) is 0 Å². The van der Waals surface area contributed by atoms with Crippen LogP contribution in [0.1, 0.15) is 22.8 Å². The molecule has 1 aromatic heterocycles. The molecule has 0 spiro atoms. The van der Waals surface area contributed by atoms with Gasteiger partial charge in [0.25, 0.3) is 5.91 Å². The molecule has 0 bridgehead atoms. The van der Waals surface area contributed by atoms with Crippen molar-refractivity contribution in [2.24, 2.45) is 0 Å². The molecular formula is C20H25N5O3. The number of hydrogen-bond donors (Lipinski definition) is 0. The number of hydrogen-bond acceptors (Lipinski definition) is 6. The van der Waals surface area contributed by atoms with Crippen LogP contribution in [-0.4, -0.2) is 71.6 Å². The molecule has 1 saturated heterocycles. The summed E-state index contributed by atoms with van der Waals surface area (Å²) in [5.41, 5.74) is 1.61. The predicted molar refractivity (Wildman–Crippen MR) is 105 cm³/mol. The van der Waals surface area contributed by atoms with Gasteiger partial charge in [0.1, 0.15) is 0 Å². The van der Waals surface area contributed by atoms with E-state index in [1.807, 2.05) is 42.3 Å². The van der Waals surface area contributed by atoms with Gasteiger partial charge in [-0.1, -0.05) is 30.3 Å². The second-order valence-electron chi connectivity index (χ2n) is 6.59. The molecule has 2 amide bonds. The van der Waals surface area contributed by atoms with Crippen molar-refractivity contribution in [1.29, 1.82) is 0 Å². The summed E-state index contributed by atoms with van der Waals surface area (Å²) in [7, 11) is 1.92. The Balaban J connectivity index is 1.56. The van der Waals surface area contributed by atoms with Gasteiger partial charge in [-0.3, -0.25) is 4.79 Å². The predicted octanol–water partition coefficient (Wildman–Crippen LogP) is 2.03. The van der Waals surface area contributed by atoms with Gasteiger partial charge in [0.05, 0.1) is 12.2 Å². The lowest BCUT2D eigenvalue weighted by Gasteiger charge is -2.34. The van der Waals surface area contributed by atoms with Gasteiger partial charge in [-0.05, 0) is 12.5 Å². The average Bonchev–Trinajstić information content (AvgIpc) is 2.74. The van der Waals surface area contributed by atoms with Gasteiger partial charge >= 0.3 is 6.09 Å². The summed E-state index contributed by atoms with van der Waals surface area (Å²) in [5.74, 6) is 0.438. The van der Waals surface area contributed by atoms with Crippen molar-refractivity contribution < 1.29 is 14.3 Å². The van der Waals surface area contributed by atoms with Gasteiger partial charge in [-0.15, -0.1) is 0 Å². The highest BCUT2D eigenvalue weighted by molar-refractivity contribution is 5.93. The van der Waals surface area contributed by atoms with Gasteiger partial charge < -0.3 is 19.4 Å². The van der Waals surface area contributed by atoms with Crippen LogP contribution >= 0.6 is 0 Å². The topological polar surface area (TPSA) is 78.9 Å². The van der Waals surface area contributed by atoms with Gasteiger partial charge in [0.2, 0.25) is 5.95 Å². The standard InChI is InChI=1S/C20H25N5O3/c1-3-28-20(27)25-11-9-24(10-12-25)18(26)17-13-21-19(22-14-17)23(2)15-16-7-5-4-6-8-16/h4-8,13-14H,3,9-12,15H2,1-2H3. The van der Waals surface area contributed by atoms with Crippen LogP contribution in [0.15, 0.2) is 42.7 Å². The minimum absolute atomic E-state index is 0.124. The number of carbonyl (C=O) groups is 2. The molecule has 1 fully saturated rings. The molecule has 2 heterocycles. The molecule has 0 atom stereocenters. The van der Waals surface area contributed by atoms with Crippen molar-refractivity contribution in [3.63, 3.8) is 0 Å². The molecule has 28 heavy (non-hydrogen) atoms. The first kappa shape index (κ1) is 19.6. The number of anilines is 1.